The molecule has 1 aliphatic carbocycles. The van der Waals surface area contributed by atoms with Crippen LogP contribution in [0.3, 0.4) is 0 Å². The van der Waals surface area contributed by atoms with Crippen LogP contribution in [-0.2, 0) is 4.74 Å². The Morgan fingerprint density at radius 1 is 1.33 bits per heavy atom. The molecular formula is C18H21N3O2S. The number of benzene rings is 1. The van der Waals surface area contributed by atoms with E-state index in [0.717, 1.165) is 49.5 Å². The van der Waals surface area contributed by atoms with E-state index in [-0.39, 0.29) is 17.6 Å². The van der Waals surface area contributed by atoms with Crippen molar-refractivity contribution in [3.63, 3.8) is 0 Å². The lowest BCUT2D eigenvalue weighted by Crippen LogP contribution is -2.48. The van der Waals surface area contributed by atoms with Gasteiger partial charge in [-0.2, -0.15) is 0 Å². The first-order valence-electron chi connectivity index (χ1n) is 8.47. The van der Waals surface area contributed by atoms with E-state index in [2.05, 4.69) is 15.6 Å². The average molecular weight is 343 g/mol. The third-order valence-electron chi connectivity index (χ3n) is 4.98. The van der Waals surface area contributed by atoms with Crippen LogP contribution in [-0.4, -0.2) is 29.1 Å². The molecule has 1 aromatic carbocycles. The van der Waals surface area contributed by atoms with Gasteiger partial charge in [0.25, 0.3) is 5.91 Å². The van der Waals surface area contributed by atoms with Crippen LogP contribution in [0.25, 0.3) is 0 Å². The normalized spacial score (nSPS) is 25.9. The van der Waals surface area contributed by atoms with Crippen molar-refractivity contribution in [1.82, 2.24) is 10.3 Å². The van der Waals surface area contributed by atoms with Gasteiger partial charge in [-0.05, 0) is 50.3 Å². The van der Waals surface area contributed by atoms with Crippen molar-refractivity contribution in [1.29, 1.82) is 0 Å². The van der Waals surface area contributed by atoms with Gasteiger partial charge in [-0.1, -0.05) is 6.07 Å². The molecule has 1 saturated carbocycles. The zero-order valence-electron chi connectivity index (χ0n) is 13.5. The summed E-state index contributed by atoms with van der Waals surface area (Å²) < 4.78 is 6.01. The van der Waals surface area contributed by atoms with Gasteiger partial charge < -0.3 is 15.4 Å². The van der Waals surface area contributed by atoms with Crippen LogP contribution in [0.4, 0.5) is 10.8 Å². The maximum absolute atomic E-state index is 12.7. The quantitative estimate of drug-likeness (QED) is 0.888. The number of carbonyl (C=O) groups excluding carboxylic acids is 1. The Hall–Kier alpha value is -1.92. The van der Waals surface area contributed by atoms with Gasteiger partial charge in [-0.3, -0.25) is 4.79 Å². The van der Waals surface area contributed by atoms with Gasteiger partial charge in [-0.25, -0.2) is 4.98 Å². The maximum Gasteiger partial charge on any atom is 0.251 e. The van der Waals surface area contributed by atoms with Gasteiger partial charge in [-0.15, -0.1) is 11.3 Å². The first-order valence-corrected chi connectivity index (χ1v) is 9.35. The van der Waals surface area contributed by atoms with E-state index in [0.29, 0.717) is 5.56 Å². The van der Waals surface area contributed by atoms with Gasteiger partial charge in [0.2, 0.25) is 0 Å². The minimum Gasteiger partial charge on any atom is -0.373 e. The first-order chi connectivity index (χ1) is 11.8. The van der Waals surface area contributed by atoms with Crippen LogP contribution >= 0.6 is 11.3 Å². The lowest BCUT2D eigenvalue weighted by atomic mass is 9.93. The summed E-state index contributed by atoms with van der Waals surface area (Å²) in [6.45, 7) is 0.819. The zero-order chi connectivity index (χ0) is 16.4. The van der Waals surface area contributed by atoms with Crippen molar-refractivity contribution in [2.75, 3.05) is 11.9 Å². The number of amides is 1. The number of nitrogens with zero attached hydrogens (tertiary/aromatic N) is 1. The summed E-state index contributed by atoms with van der Waals surface area (Å²) in [7, 11) is 0. The summed E-state index contributed by atoms with van der Waals surface area (Å²) in [5, 5.41) is 9.17. The Morgan fingerprint density at radius 3 is 3.04 bits per heavy atom. The molecule has 1 aliphatic heterocycles. The van der Waals surface area contributed by atoms with Gasteiger partial charge in [0.05, 0.1) is 11.6 Å². The molecule has 4 rings (SSSR count). The summed E-state index contributed by atoms with van der Waals surface area (Å²) >= 11 is 1.53. The van der Waals surface area contributed by atoms with Gasteiger partial charge >= 0.3 is 0 Å². The molecule has 2 aromatic rings. The highest BCUT2D eigenvalue weighted by atomic mass is 32.1. The summed E-state index contributed by atoms with van der Waals surface area (Å²) in [6.07, 6.45) is 7.09. The van der Waals surface area contributed by atoms with E-state index < -0.39 is 0 Å². The monoisotopic (exact) mass is 343 g/mol. The molecule has 2 aliphatic rings. The third-order valence-corrected chi connectivity index (χ3v) is 5.66. The lowest BCUT2D eigenvalue weighted by molar-refractivity contribution is -0.0101. The highest BCUT2D eigenvalue weighted by molar-refractivity contribution is 7.13. The third kappa shape index (κ3) is 3.03. The number of aromatic nitrogens is 1. The average Bonchev–Trinajstić information content (AvgIpc) is 3.33. The van der Waals surface area contributed by atoms with E-state index in [1.165, 1.54) is 11.3 Å². The maximum atomic E-state index is 12.7. The minimum absolute atomic E-state index is 0.0282. The molecule has 0 radical (unpaired) electrons. The molecule has 5 nitrogen and oxygen atoms in total. The van der Waals surface area contributed by atoms with Gasteiger partial charge in [0.1, 0.15) is 0 Å². The molecule has 1 aromatic heterocycles. The lowest BCUT2D eigenvalue weighted by Gasteiger charge is -2.31. The topological polar surface area (TPSA) is 63.2 Å². The number of thiazole rings is 1. The number of rotatable bonds is 4. The molecule has 2 atom stereocenters. The largest absolute Gasteiger partial charge is 0.373 e. The Kier molecular flexibility index (Phi) is 4.24. The predicted octanol–water partition coefficient (Wildman–Crippen LogP) is 3.72. The molecule has 24 heavy (non-hydrogen) atoms. The van der Waals surface area contributed by atoms with Crippen LogP contribution in [0.15, 0.2) is 35.8 Å². The van der Waals surface area contributed by atoms with Crippen molar-refractivity contribution in [3.05, 3.63) is 41.4 Å². The zero-order valence-corrected chi connectivity index (χ0v) is 14.3. The summed E-state index contributed by atoms with van der Waals surface area (Å²) in [5.41, 5.74) is 1.42. The highest BCUT2D eigenvalue weighted by Gasteiger charge is 2.46. The van der Waals surface area contributed by atoms with Crippen molar-refractivity contribution in [3.8, 4) is 0 Å². The number of hydrogen-bond donors (Lipinski definition) is 2. The van der Waals surface area contributed by atoms with E-state index in [4.69, 9.17) is 4.74 Å². The molecule has 2 heterocycles. The van der Waals surface area contributed by atoms with Crippen molar-refractivity contribution < 1.29 is 9.53 Å². The molecule has 2 N–H and O–H groups in total. The molecule has 1 saturated heterocycles. The molecule has 2 fully saturated rings. The SMILES string of the molecule is O=C(N[C@@H]1CCC[C@]12CCCO2)c1cccc(Nc2nccs2)c1. The van der Waals surface area contributed by atoms with Crippen LogP contribution < -0.4 is 10.6 Å². The molecule has 1 spiro atoms. The Labute approximate surface area is 145 Å². The fourth-order valence-corrected chi connectivity index (χ4v) is 4.37. The molecule has 6 heteroatoms. The van der Waals surface area contributed by atoms with Gasteiger partial charge in [0, 0.05) is 29.4 Å². The molecular weight excluding hydrogens is 322 g/mol. The summed E-state index contributed by atoms with van der Waals surface area (Å²) in [6, 6.07) is 7.67. The summed E-state index contributed by atoms with van der Waals surface area (Å²) in [4.78, 5) is 16.9. The number of hydrogen-bond acceptors (Lipinski definition) is 5. The van der Waals surface area contributed by atoms with Crippen molar-refractivity contribution in [2.24, 2.45) is 0 Å². The number of anilines is 2. The molecule has 126 valence electrons. The fourth-order valence-electron chi connectivity index (χ4n) is 3.83. The number of carbonyl (C=O) groups is 1. The Balaban J connectivity index is 1.46. The highest BCUT2D eigenvalue weighted by Crippen LogP contribution is 2.41. The summed E-state index contributed by atoms with van der Waals surface area (Å²) in [5.74, 6) is -0.0282. The van der Waals surface area contributed by atoms with E-state index >= 15 is 0 Å². The molecule has 0 unspecified atom stereocenters. The molecule has 0 bridgehead atoms. The number of nitrogens with one attached hydrogen (secondary N) is 2. The number of ether oxygens (including phenoxy) is 1. The van der Waals surface area contributed by atoms with E-state index in [9.17, 15) is 4.79 Å². The van der Waals surface area contributed by atoms with E-state index in [1.54, 1.807) is 6.20 Å². The Bertz CT molecular complexity index is 705. The second-order valence-electron chi connectivity index (χ2n) is 6.48. The van der Waals surface area contributed by atoms with E-state index in [1.807, 2.05) is 29.6 Å². The van der Waals surface area contributed by atoms with Crippen LogP contribution in [0.1, 0.15) is 42.5 Å². The fraction of sp³-hybridized carbons (Fsp3) is 0.444. The standard InChI is InChI=1S/C18H21N3O2S/c22-16(21-15-6-2-7-18(15)8-3-10-23-18)13-4-1-5-14(12-13)20-17-19-9-11-24-17/h1,4-5,9,11-12,15H,2-3,6-8,10H2,(H,19,20)(H,21,22)/t15-,18+/m1/s1. The second kappa shape index (κ2) is 6.53. The van der Waals surface area contributed by atoms with Crippen LogP contribution in [0, 0.1) is 0 Å². The minimum atomic E-state index is -0.119. The predicted molar refractivity (Wildman–Crippen MR) is 94.9 cm³/mol. The first kappa shape index (κ1) is 15.6. The molecule has 1 amide bonds. The van der Waals surface area contributed by atoms with Crippen molar-refractivity contribution in [2.45, 2.75) is 43.7 Å². The van der Waals surface area contributed by atoms with Crippen molar-refractivity contribution >= 4 is 28.1 Å². The second-order valence-corrected chi connectivity index (χ2v) is 7.37. The van der Waals surface area contributed by atoms with Crippen LogP contribution in [0.5, 0.6) is 0 Å². The Morgan fingerprint density at radius 2 is 2.25 bits per heavy atom. The smallest absolute Gasteiger partial charge is 0.251 e. The van der Waals surface area contributed by atoms with Gasteiger partial charge in [0.15, 0.2) is 5.13 Å². The van der Waals surface area contributed by atoms with Crippen LogP contribution in [0.2, 0.25) is 0 Å².